The van der Waals surface area contributed by atoms with Gasteiger partial charge in [0.05, 0.1) is 22.9 Å². The summed E-state index contributed by atoms with van der Waals surface area (Å²) in [6.45, 7) is 1.02. The summed E-state index contributed by atoms with van der Waals surface area (Å²) in [6.07, 6.45) is 0.693. The summed E-state index contributed by atoms with van der Waals surface area (Å²) in [4.78, 5) is -0.187. The molecule has 5 nitrogen and oxygen atoms in total. The van der Waals surface area contributed by atoms with Crippen LogP contribution >= 0.6 is 0 Å². The molecule has 1 aromatic rings. The largest absolute Gasteiger partial charge is 0.398 e. The second kappa shape index (κ2) is 7.42. The van der Waals surface area contributed by atoms with Gasteiger partial charge in [-0.2, -0.15) is 0 Å². The molecule has 0 spiro atoms. The molecule has 0 aliphatic rings. The van der Waals surface area contributed by atoms with Crippen molar-refractivity contribution >= 4 is 15.5 Å². The van der Waals surface area contributed by atoms with Crippen LogP contribution in [0, 0.1) is 5.82 Å². The molecular formula is C12H18FNO4S. The molecule has 0 radical (unpaired) electrons. The highest BCUT2D eigenvalue weighted by atomic mass is 32.2. The van der Waals surface area contributed by atoms with Crippen LogP contribution in [0.5, 0.6) is 0 Å². The van der Waals surface area contributed by atoms with Crippen molar-refractivity contribution in [2.75, 3.05) is 38.4 Å². The van der Waals surface area contributed by atoms with E-state index in [1.165, 1.54) is 6.07 Å². The molecule has 0 heterocycles. The Hall–Kier alpha value is -1.18. The maximum absolute atomic E-state index is 13.0. The second-order valence-corrected chi connectivity index (χ2v) is 6.04. The normalized spacial score (nSPS) is 11.7. The Balaban J connectivity index is 2.54. The van der Waals surface area contributed by atoms with E-state index in [9.17, 15) is 12.8 Å². The second-order valence-electron chi connectivity index (χ2n) is 3.96. The standard InChI is InChI=1S/C12H18FNO4S/c1-17-5-2-6-18-7-8-19(15,16)12-9-10(13)3-4-11(12)14/h3-4,9H,2,5-8,14H2,1H3. The van der Waals surface area contributed by atoms with Gasteiger partial charge in [0.15, 0.2) is 9.84 Å². The number of hydrogen-bond donors (Lipinski definition) is 1. The third-order valence-electron chi connectivity index (χ3n) is 2.44. The number of methoxy groups -OCH3 is 1. The van der Waals surface area contributed by atoms with Crippen LogP contribution in [0.15, 0.2) is 23.1 Å². The number of rotatable bonds is 8. The van der Waals surface area contributed by atoms with E-state index in [4.69, 9.17) is 15.2 Å². The summed E-state index contributed by atoms with van der Waals surface area (Å²) in [7, 11) is -2.05. The highest BCUT2D eigenvalue weighted by Gasteiger charge is 2.18. The Bertz CT molecular complexity index is 504. The fraction of sp³-hybridized carbons (Fsp3) is 0.500. The van der Waals surface area contributed by atoms with E-state index < -0.39 is 15.7 Å². The highest BCUT2D eigenvalue weighted by Crippen LogP contribution is 2.20. The van der Waals surface area contributed by atoms with Gasteiger partial charge in [0.1, 0.15) is 5.82 Å². The minimum Gasteiger partial charge on any atom is -0.398 e. The molecule has 19 heavy (non-hydrogen) atoms. The first-order valence-electron chi connectivity index (χ1n) is 5.82. The number of ether oxygens (including phenoxy) is 2. The zero-order valence-electron chi connectivity index (χ0n) is 10.8. The van der Waals surface area contributed by atoms with E-state index in [0.717, 1.165) is 12.1 Å². The third-order valence-corrected chi connectivity index (χ3v) is 4.17. The van der Waals surface area contributed by atoms with E-state index in [2.05, 4.69) is 0 Å². The summed E-state index contributed by atoms with van der Waals surface area (Å²) in [6, 6.07) is 3.28. The molecule has 0 fully saturated rings. The van der Waals surface area contributed by atoms with Crippen molar-refractivity contribution < 1.29 is 22.3 Å². The number of nitrogens with two attached hydrogens (primary N) is 1. The molecule has 2 N–H and O–H groups in total. The van der Waals surface area contributed by atoms with Crippen LogP contribution in [-0.2, 0) is 19.3 Å². The molecule has 0 saturated carbocycles. The topological polar surface area (TPSA) is 78.6 Å². The van der Waals surface area contributed by atoms with Crippen LogP contribution in [0.1, 0.15) is 6.42 Å². The molecule has 0 aliphatic carbocycles. The molecule has 0 saturated heterocycles. The smallest absolute Gasteiger partial charge is 0.182 e. The van der Waals surface area contributed by atoms with Crippen molar-refractivity contribution in [2.45, 2.75) is 11.3 Å². The first kappa shape index (κ1) is 15.9. The number of halogens is 1. The van der Waals surface area contributed by atoms with Crippen molar-refractivity contribution in [1.29, 1.82) is 0 Å². The number of benzene rings is 1. The molecule has 108 valence electrons. The molecule has 7 heteroatoms. The molecule has 0 aromatic heterocycles. The van der Waals surface area contributed by atoms with Gasteiger partial charge in [-0.3, -0.25) is 0 Å². The molecule has 0 bridgehead atoms. The monoisotopic (exact) mass is 291 g/mol. The maximum Gasteiger partial charge on any atom is 0.182 e. The molecular weight excluding hydrogens is 273 g/mol. The van der Waals surface area contributed by atoms with Crippen LogP contribution in [0.4, 0.5) is 10.1 Å². The summed E-state index contributed by atoms with van der Waals surface area (Å²) < 4.78 is 46.9. The molecule has 1 rings (SSSR count). The van der Waals surface area contributed by atoms with Crippen molar-refractivity contribution in [2.24, 2.45) is 0 Å². The van der Waals surface area contributed by atoms with Gasteiger partial charge < -0.3 is 15.2 Å². The first-order valence-corrected chi connectivity index (χ1v) is 7.47. The summed E-state index contributed by atoms with van der Waals surface area (Å²) >= 11 is 0. The molecule has 0 amide bonds. The summed E-state index contributed by atoms with van der Waals surface area (Å²) in [5.74, 6) is -0.859. The van der Waals surface area contributed by atoms with E-state index in [0.29, 0.717) is 19.6 Å². The number of hydrogen-bond acceptors (Lipinski definition) is 5. The van der Waals surface area contributed by atoms with Crippen LogP contribution < -0.4 is 5.73 Å². The Morgan fingerprint density at radius 2 is 2.00 bits per heavy atom. The lowest BCUT2D eigenvalue weighted by Gasteiger charge is -2.08. The van der Waals surface area contributed by atoms with E-state index in [-0.39, 0.29) is 22.9 Å². The fourth-order valence-electron chi connectivity index (χ4n) is 1.46. The van der Waals surface area contributed by atoms with Crippen molar-refractivity contribution in [3.8, 4) is 0 Å². The molecule has 0 unspecified atom stereocenters. The van der Waals surface area contributed by atoms with E-state index in [1.807, 2.05) is 0 Å². The fourth-order valence-corrected chi connectivity index (χ4v) is 2.74. The van der Waals surface area contributed by atoms with Gasteiger partial charge in [0, 0.05) is 20.3 Å². The summed E-state index contributed by atoms with van der Waals surface area (Å²) in [5.41, 5.74) is 5.58. The zero-order chi connectivity index (χ0) is 14.3. The molecule has 0 atom stereocenters. The molecule has 1 aromatic carbocycles. The Labute approximate surface area is 112 Å². The summed E-state index contributed by atoms with van der Waals surface area (Å²) in [5, 5.41) is 0. The van der Waals surface area contributed by atoms with Crippen molar-refractivity contribution in [3.63, 3.8) is 0 Å². The average molecular weight is 291 g/mol. The van der Waals surface area contributed by atoms with Gasteiger partial charge in [0.2, 0.25) is 0 Å². The highest BCUT2D eigenvalue weighted by molar-refractivity contribution is 7.91. The van der Waals surface area contributed by atoms with Crippen LogP contribution in [0.3, 0.4) is 0 Å². The minimum atomic E-state index is -3.63. The van der Waals surface area contributed by atoms with E-state index >= 15 is 0 Å². The van der Waals surface area contributed by atoms with Gasteiger partial charge in [0.25, 0.3) is 0 Å². The van der Waals surface area contributed by atoms with Crippen molar-refractivity contribution in [1.82, 2.24) is 0 Å². The SMILES string of the molecule is COCCCOCCS(=O)(=O)c1cc(F)ccc1N. The van der Waals surface area contributed by atoms with Crippen molar-refractivity contribution in [3.05, 3.63) is 24.0 Å². The lowest BCUT2D eigenvalue weighted by atomic mass is 10.3. The lowest BCUT2D eigenvalue weighted by molar-refractivity contribution is 0.112. The zero-order valence-corrected chi connectivity index (χ0v) is 11.6. The third kappa shape index (κ3) is 5.14. The van der Waals surface area contributed by atoms with Gasteiger partial charge in [-0.1, -0.05) is 0 Å². The number of nitrogen functional groups attached to an aromatic ring is 1. The van der Waals surface area contributed by atoms with E-state index in [1.54, 1.807) is 7.11 Å². The maximum atomic E-state index is 13.0. The predicted octanol–water partition coefficient (Wildman–Crippen LogP) is 1.23. The number of sulfone groups is 1. The van der Waals surface area contributed by atoms with Gasteiger partial charge in [-0.15, -0.1) is 0 Å². The Morgan fingerprint density at radius 3 is 2.68 bits per heavy atom. The average Bonchev–Trinajstić information content (AvgIpc) is 2.36. The van der Waals surface area contributed by atoms with Gasteiger partial charge in [-0.25, -0.2) is 12.8 Å². The van der Waals surface area contributed by atoms with Crippen LogP contribution in [-0.4, -0.2) is 41.1 Å². The van der Waals surface area contributed by atoms with Crippen LogP contribution in [0.2, 0.25) is 0 Å². The quantitative estimate of drug-likeness (QED) is 0.576. The van der Waals surface area contributed by atoms with Gasteiger partial charge >= 0.3 is 0 Å². The number of anilines is 1. The van der Waals surface area contributed by atoms with Gasteiger partial charge in [-0.05, 0) is 24.6 Å². The minimum absolute atomic E-state index is 0.0424. The Kier molecular flexibility index (Phi) is 6.20. The Morgan fingerprint density at radius 1 is 1.26 bits per heavy atom. The molecule has 0 aliphatic heterocycles. The first-order chi connectivity index (χ1) is 8.97. The predicted molar refractivity (Wildman–Crippen MR) is 70.2 cm³/mol. The lowest BCUT2D eigenvalue weighted by Crippen LogP contribution is -2.15. The van der Waals surface area contributed by atoms with Crippen LogP contribution in [0.25, 0.3) is 0 Å².